The van der Waals surface area contributed by atoms with Gasteiger partial charge in [-0.05, 0) is 62.1 Å². The Bertz CT molecular complexity index is 387. The van der Waals surface area contributed by atoms with Gasteiger partial charge < -0.3 is 5.73 Å². The molecule has 0 saturated heterocycles. The average Bonchev–Trinajstić information content (AvgIpc) is 2.34. The lowest BCUT2D eigenvalue weighted by Gasteiger charge is -2.39. The van der Waals surface area contributed by atoms with E-state index < -0.39 is 0 Å². The van der Waals surface area contributed by atoms with Crippen LogP contribution < -0.4 is 5.73 Å². The second kappa shape index (κ2) is 4.81. The molecule has 0 spiro atoms. The van der Waals surface area contributed by atoms with Crippen LogP contribution in [0.2, 0.25) is 0 Å². The zero-order valence-electron chi connectivity index (χ0n) is 11.4. The van der Waals surface area contributed by atoms with Gasteiger partial charge in [0.25, 0.3) is 0 Å². The first-order chi connectivity index (χ1) is 8.07. The first-order valence-corrected chi connectivity index (χ1v) is 6.85. The highest BCUT2D eigenvalue weighted by Crippen LogP contribution is 2.41. The molecule has 1 aliphatic rings. The minimum Gasteiger partial charge on any atom is -0.330 e. The molecule has 1 heteroatoms. The molecular formula is C16H25N. The maximum absolute atomic E-state index is 6.10. The molecule has 94 valence electrons. The Morgan fingerprint density at radius 2 is 1.82 bits per heavy atom. The normalized spacial score (nSPS) is 29.3. The molecule has 1 aromatic carbocycles. The standard InChI is InChI=1S/C16H25N/c1-12-6-8-16(11-17,9-7-12)15-5-4-13(2)14(3)10-15/h4-5,10,12H,6-9,11,17H2,1-3H3. The van der Waals surface area contributed by atoms with E-state index in [1.165, 1.54) is 42.4 Å². The van der Waals surface area contributed by atoms with E-state index in [-0.39, 0.29) is 5.41 Å². The summed E-state index contributed by atoms with van der Waals surface area (Å²) in [5.74, 6) is 0.876. The Balaban J connectivity index is 2.31. The van der Waals surface area contributed by atoms with Crippen LogP contribution in [0.25, 0.3) is 0 Å². The lowest BCUT2D eigenvalue weighted by atomic mass is 9.66. The van der Waals surface area contributed by atoms with Crippen molar-refractivity contribution in [3.05, 3.63) is 34.9 Å². The highest BCUT2D eigenvalue weighted by Gasteiger charge is 2.34. The molecule has 0 bridgehead atoms. The van der Waals surface area contributed by atoms with Crippen molar-refractivity contribution >= 4 is 0 Å². The molecule has 1 aromatic rings. The van der Waals surface area contributed by atoms with Crippen LogP contribution in [0.3, 0.4) is 0 Å². The maximum atomic E-state index is 6.10. The predicted molar refractivity (Wildman–Crippen MR) is 74.3 cm³/mol. The molecule has 17 heavy (non-hydrogen) atoms. The van der Waals surface area contributed by atoms with E-state index in [1.54, 1.807) is 0 Å². The van der Waals surface area contributed by atoms with Crippen molar-refractivity contribution in [1.82, 2.24) is 0 Å². The first-order valence-electron chi connectivity index (χ1n) is 6.85. The molecule has 1 fully saturated rings. The molecule has 2 rings (SSSR count). The minimum atomic E-state index is 0.255. The number of benzene rings is 1. The fourth-order valence-corrected chi connectivity index (χ4v) is 3.00. The van der Waals surface area contributed by atoms with Crippen molar-refractivity contribution in [2.45, 2.75) is 51.9 Å². The molecule has 0 radical (unpaired) electrons. The number of hydrogen-bond acceptors (Lipinski definition) is 1. The summed E-state index contributed by atoms with van der Waals surface area (Å²) in [6.45, 7) is 7.54. The number of aryl methyl sites for hydroxylation is 2. The highest BCUT2D eigenvalue weighted by atomic mass is 14.6. The van der Waals surface area contributed by atoms with E-state index in [0.29, 0.717) is 0 Å². The molecule has 0 unspecified atom stereocenters. The van der Waals surface area contributed by atoms with Crippen molar-refractivity contribution in [1.29, 1.82) is 0 Å². The smallest absolute Gasteiger partial charge is 0.00758 e. The second-order valence-electron chi connectivity index (χ2n) is 5.97. The van der Waals surface area contributed by atoms with Crippen LogP contribution in [-0.4, -0.2) is 6.54 Å². The van der Waals surface area contributed by atoms with E-state index in [0.717, 1.165) is 12.5 Å². The lowest BCUT2D eigenvalue weighted by Crippen LogP contribution is -2.38. The molecule has 2 N–H and O–H groups in total. The van der Waals surface area contributed by atoms with Crippen LogP contribution in [0.1, 0.15) is 49.3 Å². The van der Waals surface area contributed by atoms with Crippen LogP contribution in [0.5, 0.6) is 0 Å². The van der Waals surface area contributed by atoms with E-state index in [2.05, 4.69) is 39.0 Å². The van der Waals surface area contributed by atoms with Gasteiger partial charge >= 0.3 is 0 Å². The summed E-state index contributed by atoms with van der Waals surface area (Å²) < 4.78 is 0. The van der Waals surface area contributed by atoms with Gasteiger partial charge in [-0.1, -0.05) is 25.1 Å². The zero-order valence-corrected chi connectivity index (χ0v) is 11.4. The molecule has 0 heterocycles. The van der Waals surface area contributed by atoms with Gasteiger partial charge in [-0.15, -0.1) is 0 Å². The Kier molecular flexibility index (Phi) is 3.58. The van der Waals surface area contributed by atoms with Gasteiger partial charge in [0, 0.05) is 12.0 Å². The summed E-state index contributed by atoms with van der Waals surface area (Å²) >= 11 is 0. The number of rotatable bonds is 2. The van der Waals surface area contributed by atoms with E-state index in [9.17, 15) is 0 Å². The van der Waals surface area contributed by atoms with Crippen LogP contribution in [-0.2, 0) is 5.41 Å². The number of nitrogens with two attached hydrogens (primary N) is 1. The third kappa shape index (κ3) is 2.40. The summed E-state index contributed by atoms with van der Waals surface area (Å²) in [5, 5.41) is 0. The van der Waals surface area contributed by atoms with Gasteiger partial charge in [0.05, 0.1) is 0 Å². The Hall–Kier alpha value is -0.820. The molecule has 0 atom stereocenters. The van der Waals surface area contributed by atoms with Gasteiger partial charge in [-0.3, -0.25) is 0 Å². The lowest BCUT2D eigenvalue weighted by molar-refractivity contribution is 0.247. The maximum Gasteiger partial charge on any atom is 0.00758 e. The van der Waals surface area contributed by atoms with E-state index >= 15 is 0 Å². The summed E-state index contributed by atoms with van der Waals surface area (Å²) in [7, 11) is 0. The van der Waals surface area contributed by atoms with Crippen molar-refractivity contribution in [3.63, 3.8) is 0 Å². The third-order valence-electron chi connectivity index (χ3n) is 4.74. The van der Waals surface area contributed by atoms with Crippen LogP contribution in [0.15, 0.2) is 18.2 Å². The van der Waals surface area contributed by atoms with Crippen molar-refractivity contribution in [2.24, 2.45) is 11.7 Å². The monoisotopic (exact) mass is 231 g/mol. The summed E-state index contributed by atoms with van der Waals surface area (Å²) in [6.07, 6.45) is 5.16. The van der Waals surface area contributed by atoms with Gasteiger partial charge in [0.2, 0.25) is 0 Å². The predicted octanol–water partition coefficient (Wildman–Crippen LogP) is 3.71. The summed E-state index contributed by atoms with van der Waals surface area (Å²) in [6, 6.07) is 6.91. The van der Waals surface area contributed by atoms with E-state index in [4.69, 9.17) is 5.73 Å². The largest absolute Gasteiger partial charge is 0.330 e. The fourth-order valence-electron chi connectivity index (χ4n) is 3.00. The zero-order chi connectivity index (χ0) is 12.5. The molecule has 0 aliphatic heterocycles. The van der Waals surface area contributed by atoms with Gasteiger partial charge in [0.1, 0.15) is 0 Å². The average molecular weight is 231 g/mol. The second-order valence-corrected chi connectivity index (χ2v) is 5.97. The highest BCUT2D eigenvalue weighted by molar-refractivity contribution is 5.35. The Morgan fingerprint density at radius 3 is 2.35 bits per heavy atom. The first kappa shape index (κ1) is 12.6. The van der Waals surface area contributed by atoms with Crippen molar-refractivity contribution < 1.29 is 0 Å². The molecule has 1 aliphatic carbocycles. The third-order valence-corrected chi connectivity index (χ3v) is 4.74. The van der Waals surface area contributed by atoms with E-state index in [1.807, 2.05) is 0 Å². The molecule has 0 aromatic heterocycles. The molecule has 1 nitrogen and oxygen atoms in total. The Morgan fingerprint density at radius 1 is 1.18 bits per heavy atom. The summed E-state index contributed by atoms with van der Waals surface area (Å²) in [5.41, 5.74) is 10.6. The van der Waals surface area contributed by atoms with Crippen LogP contribution in [0.4, 0.5) is 0 Å². The summed E-state index contributed by atoms with van der Waals surface area (Å²) in [4.78, 5) is 0. The molecule has 1 saturated carbocycles. The Labute approximate surface area is 105 Å². The fraction of sp³-hybridized carbons (Fsp3) is 0.625. The SMILES string of the molecule is Cc1ccc(C2(CN)CCC(C)CC2)cc1C. The van der Waals surface area contributed by atoms with Crippen molar-refractivity contribution in [3.8, 4) is 0 Å². The van der Waals surface area contributed by atoms with Crippen molar-refractivity contribution in [2.75, 3.05) is 6.54 Å². The van der Waals surface area contributed by atoms with Gasteiger partial charge in [-0.2, -0.15) is 0 Å². The van der Waals surface area contributed by atoms with Gasteiger partial charge in [0.15, 0.2) is 0 Å². The number of hydrogen-bond donors (Lipinski definition) is 1. The molecule has 0 amide bonds. The molecular weight excluding hydrogens is 206 g/mol. The topological polar surface area (TPSA) is 26.0 Å². The van der Waals surface area contributed by atoms with Crippen LogP contribution in [0, 0.1) is 19.8 Å². The minimum absolute atomic E-state index is 0.255. The van der Waals surface area contributed by atoms with Crippen LogP contribution >= 0.6 is 0 Å². The van der Waals surface area contributed by atoms with Gasteiger partial charge in [-0.25, -0.2) is 0 Å². The quantitative estimate of drug-likeness (QED) is 0.825.